The van der Waals surface area contributed by atoms with E-state index in [9.17, 15) is 9.59 Å². The van der Waals surface area contributed by atoms with Crippen LogP contribution in [-0.4, -0.2) is 16.4 Å². The van der Waals surface area contributed by atoms with Crippen molar-refractivity contribution in [1.29, 1.82) is 0 Å². The molecule has 1 aliphatic rings. The standard InChI is InChI=1S/C20H16N2O3/c23-19-13-15-12-17(7-8-18(15)21-19)25-20(24)11-14-3-5-16(6-4-14)22-9-1-2-10-22/h1-10,12H,11,13H2,(H,21,23). The Kier molecular flexibility index (Phi) is 3.82. The minimum atomic E-state index is -0.328. The van der Waals surface area contributed by atoms with Crippen LogP contribution in [0, 0.1) is 0 Å². The second-order valence-electron chi connectivity index (χ2n) is 5.95. The number of ether oxygens (including phenoxy) is 1. The van der Waals surface area contributed by atoms with Gasteiger partial charge in [-0.3, -0.25) is 9.59 Å². The average Bonchev–Trinajstić information content (AvgIpc) is 3.23. The normalized spacial score (nSPS) is 12.6. The number of fused-ring (bicyclic) bond motifs is 1. The lowest BCUT2D eigenvalue weighted by molar-refractivity contribution is -0.133. The van der Waals surface area contributed by atoms with Gasteiger partial charge in [0.05, 0.1) is 12.8 Å². The lowest BCUT2D eigenvalue weighted by Gasteiger charge is -2.07. The smallest absolute Gasteiger partial charge is 0.315 e. The lowest BCUT2D eigenvalue weighted by atomic mass is 10.1. The number of rotatable bonds is 4. The van der Waals surface area contributed by atoms with Crippen LogP contribution >= 0.6 is 0 Å². The second-order valence-corrected chi connectivity index (χ2v) is 5.95. The van der Waals surface area contributed by atoms with E-state index in [-0.39, 0.29) is 18.3 Å². The van der Waals surface area contributed by atoms with Gasteiger partial charge in [-0.05, 0) is 53.6 Å². The van der Waals surface area contributed by atoms with Gasteiger partial charge in [0.15, 0.2) is 0 Å². The Hall–Kier alpha value is -3.34. The van der Waals surface area contributed by atoms with Gasteiger partial charge in [-0.15, -0.1) is 0 Å². The van der Waals surface area contributed by atoms with Crippen molar-refractivity contribution >= 4 is 17.6 Å². The van der Waals surface area contributed by atoms with E-state index in [0.717, 1.165) is 22.5 Å². The van der Waals surface area contributed by atoms with Crippen molar-refractivity contribution in [2.45, 2.75) is 12.8 Å². The van der Waals surface area contributed by atoms with Gasteiger partial charge in [0.1, 0.15) is 5.75 Å². The van der Waals surface area contributed by atoms with Gasteiger partial charge in [-0.2, -0.15) is 0 Å². The van der Waals surface area contributed by atoms with Gasteiger partial charge < -0.3 is 14.6 Å². The van der Waals surface area contributed by atoms with Gasteiger partial charge in [0, 0.05) is 23.8 Å². The van der Waals surface area contributed by atoms with E-state index in [1.165, 1.54) is 0 Å². The molecule has 1 amide bonds. The second kappa shape index (κ2) is 6.28. The van der Waals surface area contributed by atoms with Crippen LogP contribution in [0.15, 0.2) is 67.0 Å². The molecule has 4 rings (SSSR count). The summed E-state index contributed by atoms with van der Waals surface area (Å²) in [5.41, 5.74) is 3.56. The maximum atomic E-state index is 12.1. The largest absolute Gasteiger partial charge is 0.426 e. The van der Waals surface area contributed by atoms with Gasteiger partial charge in [-0.1, -0.05) is 12.1 Å². The Labute approximate surface area is 144 Å². The number of amides is 1. The summed E-state index contributed by atoms with van der Waals surface area (Å²) >= 11 is 0. The summed E-state index contributed by atoms with van der Waals surface area (Å²) < 4.78 is 7.40. The molecule has 0 bridgehead atoms. The summed E-state index contributed by atoms with van der Waals surface area (Å²) in [5, 5.41) is 2.75. The third-order valence-corrected chi connectivity index (χ3v) is 4.12. The number of aromatic nitrogens is 1. The van der Waals surface area contributed by atoms with Gasteiger partial charge in [0.2, 0.25) is 5.91 Å². The predicted octanol–water partition coefficient (Wildman–Crippen LogP) is 3.12. The molecule has 0 saturated carbocycles. The fourth-order valence-electron chi connectivity index (χ4n) is 2.90. The first-order chi connectivity index (χ1) is 12.2. The molecule has 0 spiro atoms. The van der Waals surface area contributed by atoms with Crippen LogP contribution in [0.2, 0.25) is 0 Å². The number of benzene rings is 2. The van der Waals surface area contributed by atoms with Crippen LogP contribution in [0.1, 0.15) is 11.1 Å². The first-order valence-electron chi connectivity index (χ1n) is 8.03. The van der Waals surface area contributed by atoms with Crippen LogP contribution in [0.3, 0.4) is 0 Å². The Morgan fingerprint density at radius 2 is 1.84 bits per heavy atom. The number of nitrogens with zero attached hydrogens (tertiary/aromatic N) is 1. The van der Waals surface area contributed by atoms with Crippen molar-refractivity contribution in [3.63, 3.8) is 0 Å². The lowest BCUT2D eigenvalue weighted by Crippen LogP contribution is -2.11. The molecule has 1 N–H and O–H groups in total. The van der Waals surface area contributed by atoms with Crippen molar-refractivity contribution in [1.82, 2.24) is 4.57 Å². The van der Waals surface area contributed by atoms with Crippen LogP contribution in [0.5, 0.6) is 5.75 Å². The summed E-state index contributed by atoms with van der Waals surface area (Å²) in [4.78, 5) is 23.5. The summed E-state index contributed by atoms with van der Waals surface area (Å²) in [6, 6.07) is 16.9. The first kappa shape index (κ1) is 15.2. The van der Waals surface area contributed by atoms with Gasteiger partial charge in [-0.25, -0.2) is 0 Å². The van der Waals surface area contributed by atoms with Crippen LogP contribution in [-0.2, 0) is 22.4 Å². The topological polar surface area (TPSA) is 60.3 Å². The van der Waals surface area contributed by atoms with Crippen molar-refractivity contribution in [3.05, 3.63) is 78.1 Å². The molecule has 0 saturated heterocycles. The number of carbonyl (C=O) groups excluding carboxylic acids is 2. The molecule has 0 unspecified atom stereocenters. The SMILES string of the molecule is O=C1Cc2cc(OC(=O)Cc3ccc(-n4cccc4)cc3)ccc2N1. The molecule has 0 radical (unpaired) electrons. The molecule has 0 fully saturated rings. The molecule has 2 heterocycles. The maximum absolute atomic E-state index is 12.1. The molecule has 25 heavy (non-hydrogen) atoms. The molecule has 5 heteroatoms. The summed E-state index contributed by atoms with van der Waals surface area (Å²) in [7, 11) is 0. The first-order valence-corrected chi connectivity index (χ1v) is 8.03. The van der Waals surface area contributed by atoms with Crippen LogP contribution < -0.4 is 10.1 Å². The highest BCUT2D eigenvalue weighted by Gasteiger charge is 2.18. The molecular weight excluding hydrogens is 316 g/mol. The Morgan fingerprint density at radius 3 is 2.60 bits per heavy atom. The van der Waals surface area contributed by atoms with E-state index < -0.39 is 0 Å². The number of hydrogen-bond acceptors (Lipinski definition) is 3. The maximum Gasteiger partial charge on any atom is 0.315 e. The minimum absolute atomic E-state index is 0.0405. The van der Waals surface area contributed by atoms with E-state index >= 15 is 0 Å². The minimum Gasteiger partial charge on any atom is -0.426 e. The monoisotopic (exact) mass is 332 g/mol. The highest BCUT2D eigenvalue weighted by molar-refractivity contribution is 5.99. The fraction of sp³-hybridized carbons (Fsp3) is 0.100. The zero-order valence-electron chi connectivity index (χ0n) is 13.4. The fourth-order valence-corrected chi connectivity index (χ4v) is 2.90. The number of carbonyl (C=O) groups is 2. The Morgan fingerprint density at radius 1 is 1.08 bits per heavy atom. The van der Waals surface area contributed by atoms with Crippen LogP contribution in [0.4, 0.5) is 5.69 Å². The van der Waals surface area contributed by atoms with Gasteiger partial charge in [0.25, 0.3) is 0 Å². The van der Waals surface area contributed by atoms with E-state index in [1.807, 2.05) is 53.4 Å². The van der Waals surface area contributed by atoms with E-state index in [0.29, 0.717) is 12.2 Å². The highest BCUT2D eigenvalue weighted by atomic mass is 16.5. The van der Waals surface area contributed by atoms with Crippen LogP contribution in [0.25, 0.3) is 5.69 Å². The quantitative estimate of drug-likeness (QED) is 0.590. The van der Waals surface area contributed by atoms with E-state index in [1.54, 1.807) is 18.2 Å². The molecule has 1 aromatic heterocycles. The van der Waals surface area contributed by atoms with Crippen molar-refractivity contribution in [2.75, 3.05) is 5.32 Å². The third kappa shape index (κ3) is 3.30. The zero-order valence-corrected chi connectivity index (χ0v) is 13.4. The molecule has 3 aromatic rings. The summed E-state index contributed by atoms with van der Waals surface area (Å²) in [6.07, 6.45) is 4.45. The molecule has 5 nitrogen and oxygen atoms in total. The van der Waals surface area contributed by atoms with Crippen molar-refractivity contribution < 1.29 is 14.3 Å². The number of esters is 1. The van der Waals surface area contributed by atoms with Crippen molar-refractivity contribution in [2.24, 2.45) is 0 Å². The van der Waals surface area contributed by atoms with E-state index in [4.69, 9.17) is 4.74 Å². The molecule has 2 aromatic carbocycles. The third-order valence-electron chi connectivity index (χ3n) is 4.12. The number of anilines is 1. The molecule has 0 aliphatic carbocycles. The Balaban J connectivity index is 1.41. The average molecular weight is 332 g/mol. The predicted molar refractivity (Wildman–Crippen MR) is 93.9 cm³/mol. The molecule has 124 valence electrons. The molecule has 0 atom stereocenters. The van der Waals surface area contributed by atoms with Gasteiger partial charge >= 0.3 is 5.97 Å². The van der Waals surface area contributed by atoms with E-state index in [2.05, 4.69) is 5.32 Å². The number of hydrogen-bond donors (Lipinski definition) is 1. The van der Waals surface area contributed by atoms with Crippen molar-refractivity contribution in [3.8, 4) is 11.4 Å². The zero-order chi connectivity index (χ0) is 17.2. The molecule has 1 aliphatic heterocycles. The summed E-state index contributed by atoms with van der Waals surface area (Å²) in [6.45, 7) is 0. The Bertz CT molecular complexity index is 928. The highest BCUT2D eigenvalue weighted by Crippen LogP contribution is 2.27. The summed E-state index contributed by atoms with van der Waals surface area (Å²) in [5.74, 6) is 0.0939. The number of nitrogens with one attached hydrogen (secondary N) is 1. The molecular formula is C20H16N2O3.